The molecular formula is C15H20O5. The molecule has 0 aromatic heterocycles. The Morgan fingerprint density at radius 2 is 1.95 bits per heavy atom. The highest BCUT2D eigenvalue weighted by Gasteiger charge is 2.77. The molecule has 4 heterocycles. The van der Waals surface area contributed by atoms with Crippen LogP contribution in [0.1, 0.15) is 40.5 Å². The molecular weight excluding hydrogens is 260 g/mol. The van der Waals surface area contributed by atoms with Gasteiger partial charge in [-0.05, 0) is 13.0 Å². The fraction of sp³-hybridized carbons (Fsp3) is 0.800. The van der Waals surface area contributed by atoms with Crippen molar-refractivity contribution in [3.63, 3.8) is 0 Å². The van der Waals surface area contributed by atoms with Gasteiger partial charge in [-0.2, -0.15) is 0 Å². The number of aliphatic hydroxyl groups is 1. The molecule has 5 heteroatoms. The second-order valence-electron chi connectivity index (χ2n) is 7.23. The van der Waals surface area contributed by atoms with Gasteiger partial charge in [0.25, 0.3) is 0 Å². The second kappa shape index (κ2) is 3.19. The van der Waals surface area contributed by atoms with E-state index in [0.29, 0.717) is 12.8 Å². The van der Waals surface area contributed by atoms with E-state index in [-0.39, 0.29) is 11.7 Å². The summed E-state index contributed by atoms with van der Waals surface area (Å²) in [6, 6.07) is 0. The van der Waals surface area contributed by atoms with Crippen molar-refractivity contribution in [3.05, 3.63) is 11.6 Å². The van der Waals surface area contributed by atoms with Crippen molar-refractivity contribution < 1.29 is 24.1 Å². The minimum atomic E-state index is -1.29. The zero-order valence-corrected chi connectivity index (χ0v) is 12.2. The summed E-state index contributed by atoms with van der Waals surface area (Å²) in [6.07, 6.45) is 1.86. The largest absolute Gasteiger partial charge is 0.365 e. The summed E-state index contributed by atoms with van der Waals surface area (Å²) in [5, 5.41) is 11.0. The highest BCUT2D eigenvalue weighted by Crippen LogP contribution is 2.67. The van der Waals surface area contributed by atoms with Crippen LogP contribution in [0.3, 0.4) is 0 Å². The third kappa shape index (κ3) is 1.14. The van der Waals surface area contributed by atoms with Gasteiger partial charge in [0.1, 0.15) is 5.60 Å². The topological polar surface area (TPSA) is 65.0 Å². The van der Waals surface area contributed by atoms with Gasteiger partial charge in [-0.25, -0.2) is 0 Å². The van der Waals surface area contributed by atoms with Crippen LogP contribution in [0, 0.1) is 11.3 Å². The Bertz CT molecular complexity index is 552. The Hall–Kier alpha value is -0.750. The number of ketones is 1. The molecule has 110 valence electrons. The first kappa shape index (κ1) is 13.0. The molecule has 1 aliphatic carbocycles. The van der Waals surface area contributed by atoms with Crippen molar-refractivity contribution in [2.45, 2.75) is 64.0 Å². The predicted molar refractivity (Wildman–Crippen MR) is 68.4 cm³/mol. The van der Waals surface area contributed by atoms with Crippen LogP contribution in [-0.4, -0.2) is 34.4 Å². The van der Waals surface area contributed by atoms with E-state index in [4.69, 9.17) is 14.2 Å². The SMILES string of the molecule is CC1CC23OC4CC(O)(O2)C(C)(C)C(C)(O4)C3=CC1=O. The molecule has 5 atom stereocenters. The van der Waals surface area contributed by atoms with Crippen molar-refractivity contribution in [2.75, 3.05) is 0 Å². The standard InChI is InChI=1S/C15H20O5/c1-8-6-14-10(5-9(8)16)13(4)12(2,3)15(17,20-14)7-11(18-13)19-14/h5,8,11,17H,6-7H2,1-4H3. The Morgan fingerprint density at radius 3 is 2.65 bits per heavy atom. The van der Waals surface area contributed by atoms with E-state index >= 15 is 0 Å². The lowest BCUT2D eigenvalue weighted by Crippen LogP contribution is -2.80. The molecule has 4 fully saturated rings. The molecule has 0 amide bonds. The molecule has 0 saturated carbocycles. The summed E-state index contributed by atoms with van der Waals surface area (Å²) >= 11 is 0. The average Bonchev–Trinajstić information content (AvgIpc) is 2.29. The summed E-state index contributed by atoms with van der Waals surface area (Å²) < 4.78 is 18.0. The molecule has 0 aromatic carbocycles. The predicted octanol–water partition coefficient (Wildman–Crippen LogP) is 1.50. The fourth-order valence-corrected chi connectivity index (χ4v) is 4.17. The van der Waals surface area contributed by atoms with E-state index in [9.17, 15) is 9.90 Å². The van der Waals surface area contributed by atoms with Gasteiger partial charge in [0.15, 0.2) is 17.9 Å². The maximum Gasteiger partial charge on any atom is 0.200 e. The molecule has 1 spiro atoms. The normalized spacial score (nSPS) is 55.6. The lowest BCUT2D eigenvalue weighted by molar-refractivity contribution is -0.531. The number of ether oxygens (including phenoxy) is 3. The Balaban J connectivity index is 1.98. The van der Waals surface area contributed by atoms with Crippen LogP contribution < -0.4 is 0 Å². The van der Waals surface area contributed by atoms with E-state index < -0.39 is 28.9 Å². The van der Waals surface area contributed by atoms with Crippen LogP contribution in [0.15, 0.2) is 11.6 Å². The van der Waals surface area contributed by atoms with Gasteiger partial charge >= 0.3 is 0 Å². The van der Waals surface area contributed by atoms with E-state index in [1.807, 2.05) is 27.7 Å². The van der Waals surface area contributed by atoms with Gasteiger partial charge in [0.05, 0.1) is 11.8 Å². The highest BCUT2D eigenvalue weighted by atomic mass is 16.8. The summed E-state index contributed by atoms with van der Waals surface area (Å²) in [7, 11) is 0. The van der Waals surface area contributed by atoms with Crippen molar-refractivity contribution in [2.24, 2.45) is 11.3 Å². The van der Waals surface area contributed by atoms with Crippen molar-refractivity contribution >= 4 is 5.78 Å². The molecule has 0 radical (unpaired) electrons. The van der Waals surface area contributed by atoms with Crippen LogP contribution >= 0.6 is 0 Å². The summed E-state index contributed by atoms with van der Waals surface area (Å²) in [5.74, 6) is -2.41. The fourth-order valence-electron chi connectivity index (χ4n) is 4.17. The minimum absolute atomic E-state index is 0.0675. The van der Waals surface area contributed by atoms with Crippen LogP contribution in [0.5, 0.6) is 0 Å². The van der Waals surface area contributed by atoms with Crippen LogP contribution in [0.4, 0.5) is 0 Å². The highest BCUT2D eigenvalue weighted by molar-refractivity contribution is 5.94. The van der Waals surface area contributed by atoms with Gasteiger partial charge < -0.3 is 19.3 Å². The van der Waals surface area contributed by atoms with Gasteiger partial charge in [-0.15, -0.1) is 0 Å². The smallest absolute Gasteiger partial charge is 0.200 e. The first-order valence-electron chi connectivity index (χ1n) is 7.18. The lowest BCUT2D eigenvalue weighted by Gasteiger charge is -2.71. The Morgan fingerprint density at radius 1 is 1.25 bits per heavy atom. The number of hydrogen-bond acceptors (Lipinski definition) is 5. The number of carbonyl (C=O) groups excluding carboxylic acids is 1. The maximum atomic E-state index is 12.1. The number of rotatable bonds is 0. The van der Waals surface area contributed by atoms with Crippen molar-refractivity contribution in [1.29, 1.82) is 0 Å². The summed E-state index contributed by atoms with van der Waals surface area (Å²) in [4.78, 5) is 12.1. The number of allylic oxidation sites excluding steroid dienone is 1. The quantitative estimate of drug-likeness (QED) is 0.728. The maximum absolute atomic E-state index is 12.1. The summed E-state index contributed by atoms with van der Waals surface area (Å²) in [5.41, 5.74) is -0.688. The number of carbonyl (C=O) groups is 1. The first-order chi connectivity index (χ1) is 9.14. The van der Waals surface area contributed by atoms with Crippen molar-refractivity contribution in [3.8, 4) is 0 Å². The van der Waals surface area contributed by atoms with Gasteiger partial charge in [-0.1, -0.05) is 20.8 Å². The van der Waals surface area contributed by atoms with Crippen LogP contribution in [0.25, 0.3) is 0 Å². The molecule has 0 aromatic rings. The average molecular weight is 280 g/mol. The first-order valence-corrected chi connectivity index (χ1v) is 7.18. The molecule has 1 N–H and O–H groups in total. The van der Waals surface area contributed by atoms with E-state index in [1.54, 1.807) is 6.08 Å². The lowest BCUT2D eigenvalue weighted by atomic mass is 9.57. The number of hydrogen-bond donors (Lipinski definition) is 1. The van der Waals surface area contributed by atoms with E-state index in [1.165, 1.54) is 0 Å². The zero-order valence-electron chi connectivity index (χ0n) is 12.2. The molecule has 5 aliphatic rings. The van der Waals surface area contributed by atoms with Gasteiger partial charge in [0, 0.05) is 17.9 Å². The molecule has 5 rings (SSSR count). The Kier molecular flexibility index (Phi) is 2.07. The monoisotopic (exact) mass is 280 g/mol. The minimum Gasteiger partial charge on any atom is -0.365 e. The van der Waals surface area contributed by atoms with E-state index in [0.717, 1.165) is 5.57 Å². The molecule has 4 aliphatic heterocycles. The third-order valence-electron chi connectivity index (χ3n) is 5.91. The van der Waals surface area contributed by atoms with Crippen LogP contribution in [0.2, 0.25) is 0 Å². The van der Waals surface area contributed by atoms with E-state index in [2.05, 4.69) is 0 Å². The molecule has 4 bridgehead atoms. The molecule has 5 unspecified atom stereocenters. The van der Waals surface area contributed by atoms with Gasteiger partial charge in [0.2, 0.25) is 5.79 Å². The molecule has 20 heavy (non-hydrogen) atoms. The van der Waals surface area contributed by atoms with Gasteiger partial charge in [-0.3, -0.25) is 4.79 Å². The Labute approximate surface area is 117 Å². The molecule has 4 saturated heterocycles. The van der Waals surface area contributed by atoms with Crippen LogP contribution in [-0.2, 0) is 19.0 Å². The third-order valence-corrected chi connectivity index (χ3v) is 5.91. The molecule has 5 nitrogen and oxygen atoms in total. The summed E-state index contributed by atoms with van der Waals surface area (Å²) in [6.45, 7) is 7.63. The zero-order chi connectivity index (χ0) is 14.6. The van der Waals surface area contributed by atoms with Crippen molar-refractivity contribution in [1.82, 2.24) is 0 Å². The second-order valence-corrected chi connectivity index (χ2v) is 7.23.